The Hall–Kier alpha value is -1.63. The molecule has 5 aliphatic carbocycles. The number of esters is 1. The van der Waals surface area contributed by atoms with Gasteiger partial charge >= 0.3 is 5.97 Å². The molecule has 0 radical (unpaired) electrons. The van der Waals surface area contributed by atoms with E-state index in [1.165, 1.54) is 5.57 Å². The zero-order chi connectivity index (χ0) is 56.3. The molecule has 28 atom stereocenters. The van der Waals surface area contributed by atoms with E-state index in [9.17, 15) is 76.3 Å². The lowest BCUT2D eigenvalue weighted by Gasteiger charge is -2.71. The van der Waals surface area contributed by atoms with Crippen LogP contribution >= 0.6 is 0 Å². The van der Waals surface area contributed by atoms with Crippen LogP contribution in [0.25, 0.3) is 0 Å². The third kappa shape index (κ3) is 9.80. The molecule has 9 aliphatic rings. The molecule has 23 nitrogen and oxygen atoms in total. The highest BCUT2D eigenvalue weighted by molar-refractivity contribution is 5.79. The van der Waals surface area contributed by atoms with Gasteiger partial charge in [-0.25, -0.2) is 0 Å². The highest BCUT2D eigenvalue weighted by Gasteiger charge is 2.70. The third-order valence-electron chi connectivity index (χ3n) is 21.4. The SMILES string of the molecule is CC1(C)CCC2(C(=O)O[C@H]3O[C@@H](CO)[C@H](O)[C@@H](O)[C@@H]3O)CCC3(C)C(=CC[C@H]4C3(C)CC[C@H]3C(C)(C)[C@@H](O[C@@H]5O[C@H](CO)[C@@H](O)[C@H](O[C@@H]6O[C@H](CO)[C@@H](O)[C@H](O)[C@H]6O)[C@H]5O[C@@H]5O[C@H](CO)[C@@H](O)[C@H](O)[C@H]5O)CC[C@@]34C)[C@@H]2C1. The first kappa shape index (κ1) is 60.0. The molecule has 9 rings (SSSR count). The lowest BCUT2D eigenvalue weighted by molar-refractivity contribution is -0.399. The first-order valence-electron chi connectivity index (χ1n) is 27.8. The molecule has 442 valence electrons. The van der Waals surface area contributed by atoms with E-state index in [0.717, 1.165) is 32.1 Å². The molecular formula is C54H88O23. The molecule has 0 aromatic carbocycles. The van der Waals surface area contributed by atoms with Crippen LogP contribution in [-0.4, -0.2) is 233 Å². The predicted molar refractivity (Wildman–Crippen MR) is 263 cm³/mol. The molecule has 4 saturated carbocycles. The molecule has 4 heterocycles. The van der Waals surface area contributed by atoms with Crippen LogP contribution in [0.5, 0.6) is 0 Å². The molecule has 0 aromatic rings. The van der Waals surface area contributed by atoms with Gasteiger partial charge in [0, 0.05) is 0 Å². The van der Waals surface area contributed by atoms with Crippen molar-refractivity contribution in [2.24, 2.45) is 50.2 Å². The maximum Gasteiger partial charge on any atom is 0.315 e. The van der Waals surface area contributed by atoms with Gasteiger partial charge in [0.05, 0.1) is 37.9 Å². The summed E-state index contributed by atoms with van der Waals surface area (Å²) in [6, 6.07) is 0. The van der Waals surface area contributed by atoms with Gasteiger partial charge in [-0.3, -0.25) is 4.79 Å². The van der Waals surface area contributed by atoms with Crippen molar-refractivity contribution in [3.63, 3.8) is 0 Å². The average molecular weight is 1110 g/mol. The number of allylic oxidation sites excluding steroid dienone is 2. The minimum atomic E-state index is -1.94. The van der Waals surface area contributed by atoms with Gasteiger partial charge in [-0.2, -0.15) is 0 Å². The number of hydrogen-bond donors (Lipinski definition) is 14. The van der Waals surface area contributed by atoms with Crippen molar-refractivity contribution in [2.75, 3.05) is 26.4 Å². The summed E-state index contributed by atoms with van der Waals surface area (Å²) in [6.45, 7) is 12.8. The minimum absolute atomic E-state index is 0.0454. The quantitative estimate of drug-likeness (QED) is 0.0569. The van der Waals surface area contributed by atoms with Crippen molar-refractivity contribution in [1.82, 2.24) is 0 Å². The molecule has 77 heavy (non-hydrogen) atoms. The zero-order valence-electron chi connectivity index (χ0n) is 45.3. The van der Waals surface area contributed by atoms with Gasteiger partial charge in [0.25, 0.3) is 0 Å². The number of aliphatic hydroxyl groups excluding tert-OH is 14. The summed E-state index contributed by atoms with van der Waals surface area (Å²) in [6.07, 6.45) is -25.0. The normalized spacial score (nSPS) is 53.4. The fraction of sp³-hybridized carbons (Fsp3) is 0.944. The summed E-state index contributed by atoms with van der Waals surface area (Å²) in [4.78, 5) is 14.8. The zero-order valence-corrected chi connectivity index (χ0v) is 45.3. The molecule has 4 aliphatic heterocycles. The molecule has 14 N–H and O–H groups in total. The van der Waals surface area contributed by atoms with Crippen LogP contribution in [0.1, 0.15) is 113 Å². The third-order valence-corrected chi connectivity index (χ3v) is 21.4. The van der Waals surface area contributed by atoms with E-state index in [2.05, 4.69) is 54.5 Å². The summed E-state index contributed by atoms with van der Waals surface area (Å²) in [7, 11) is 0. The fourth-order valence-electron chi connectivity index (χ4n) is 16.5. The van der Waals surface area contributed by atoms with Crippen molar-refractivity contribution in [3.05, 3.63) is 11.6 Å². The molecule has 0 aromatic heterocycles. The smallest absolute Gasteiger partial charge is 0.315 e. The van der Waals surface area contributed by atoms with E-state index >= 15 is 0 Å². The Balaban J connectivity index is 0.995. The Morgan fingerprint density at radius 2 is 1.00 bits per heavy atom. The van der Waals surface area contributed by atoms with E-state index in [1.807, 2.05) is 0 Å². The van der Waals surface area contributed by atoms with Gasteiger partial charge in [0.1, 0.15) is 97.7 Å². The van der Waals surface area contributed by atoms with E-state index in [4.69, 9.17) is 37.9 Å². The van der Waals surface area contributed by atoms with Crippen LogP contribution in [0.3, 0.4) is 0 Å². The van der Waals surface area contributed by atoms with Crippen LogP contribution < -0.4 is 0 Å². The monoisotopic (exact) mass is 1100 g/mol. The minimum Gasteiger partial charge on any atom is -0.432 e. The van der Waals surface area contributed by atoms with Crippen LogP contribution in [0, 0.1) is 50.2 Å². The topological polar surface area (TPSA) is 374 Å². The van der Waals surface area contributed by atoms with Gasteiger partial charge in [-0.1, -0.05) is 60.1 Å². The molecule has 0 amide bonds. The van der Waals surface area contributed by atoms with Crippen LogP contribution in [0.2, 0.25) is 0 Å². The second-order valence-electron chi connectivity index (χ2n) is 26.3. The number of rotatable bonds is 12. The highest BCUT2D eigenvalue weighted by Crippen LogP contribution is 2.76. The lowest BCUT2D eigenvalue weighted by atomic mass is 9.33. The van der Waals surface area contributed by atoms with Crippen molar-refractivity contribution < 1.29 is 114 Å². The summed E-state index contributed by atoms with van der Waals surface area (Å²) in [5, 5.41) is 149. The van der Waals surface area contributed by atoms with Crippen molar-refractivity contribution in [2.45, 2.75) is 242 Å². The average Bonchev–Trinajstić information content (AvgIpc) is 3.55. The highest BCUT2D eigenvalue weighted by atomic mass is 16.8. The van der Waals surface area contributed by atoms with Crippen molar-refractivity contribution in [3.8, 4) is 0 Å². The summed E-state index contributed by atoms with van der Waals surface area (Å²) in [5.74, 6) is -0.507. The van der Waals surface area contributed by atoms with Crippen molar-refractivity contribution >= 4 is 5.97 Å². The van der Waals surface area contributed by atoms with Crippen LogP contribution in [-0.2, 0) is 42.7 Å². The number of fused-ring (bicyclic) bond motifs is 7. The largest absolute Gasteiger partial charge is 0.432 e. The summed E-state index contributed by atoms with van der Waals surface area (Å²) in [5.41, 5.74) is -1.27. The van der Waals surface area contributed by atoms with Gasteiger partial charge in [-0.15, -0.1) is 0 Å². The Morgan fingerprint density at radius 1 is 0.519 bits per heavy atom. The Kier molecular flexibility index (Phi) is 17.0. The molecule has 0 spiro atoms. The number of ether oxygens (including phenoxy) is 8. The second kappa shape index (κ2) is 21.8. The molecule has 8 fully saturated rings. The lowest BCUT2D eigenvalue weighted by Crippen LogP contribution is -2.68. The van der Waals surface area contributed by atoms with E-state index in [-0.39, 0.29) is 39.4 Å². The standard InChI is InChI=1S/C54H88O23/c1-49(2)14-16-54(48(69)77-46-41(68)38(65)34(61)27(21-57)72-46)17-15-52(6)23(24(54)18-49)8-9-30-51(5)12-11-31(50(3,4)29(51)10-13-53(30,52)7)74-47-43(76-45-40(67)37(64)33(60)26(20-56)71-45)42(35(62)28(22-58)73-47)75-44-39(66)36(63)32(59)25(19-55)70-44/h8,24-47,55-68H,9-22H2,1-7H3/t24-,25+,26+,27-,28+,29-,30+,31-,32+,33+,34-,35+,36-,37-,38+,39+,40+,41-,42-,43+,44-,45-,46+,47-,51-,52?,53?,54?/m0/s1. The van der Waals surface area contributed by atoms with Crippen molar-refractivity contribution in [1.29, 1.82) is 0 Å². The maximum atomic E-state index is 14.8. The number of carbonyl (C=O) groups excluding carboxylic acids is 1. The molecule has 0 bridgehead atoms. The van der Waals surface area contributed by atoms with Gasteiger partial charge in [0.2, 0.25) is 6.29 Å². The second-order valence-corrected chi connectivity index (χ2v) is 26.3. The van der Waals surface area contributed by atoms with Gasteiger partial charge in [-0.05, 0) is 109 Å². The number of aliphatic hydroxyl groups is 14. The number of hydrogen-bond acceptors (Lipinski definition) is 23. The Labute approximate surface area is 449 Å². The Morgan fingerprint density at radius 3 is 1.55 bits per heavy atom. The van der Waals surface area contributed by atoms with Gasteiger partial charge in [0.15, 0.2) is 18.9 Å². The van der Waals surface area contributed by atoms with E-state index in [1.54, 1.807) is 0 Å². The fourth-order valence-corrected chi connectivity index (χ4v) is 16.5. The Bertz CT molecular complexity index is 2110. The summed E-state index contributed by atoms with van der Waals surface area (Å²) >= 11 is 0. The van der Waals surface area contributed by atoms with E-state index in [0.29, 0.717) is 32.1 Å². The summed E-state index contributed by atoms with van der Waals surface area (Å²) < 4.78 is 48.9. The molecule has 3 unspecified atom stereocenters. The van der Waals surface area contributed by atoms with Gasteiger partial charge < -0.3 is 109 Å². The van der Waals surface area contributed by atoms with Crippen LogP contribution in [0.4, 0.5) is 0 Å². The molecule has 4 saturated heterocycles. The molecule has 23 heteroatoms. The first-order valence-corrected chi connectivity index (χ1v) is 27.8. The predicted octanol–water partition coefficient (Wildman–Crippen LogP) is -2.04. The number of carbonyl (C=O) groups is 1. The first-order chi connectivity index (χ1) is 36.1. The van der Waals surface area contributed by atoms with Crippen LogP contribution in [0.15, 0.2) is 11.6 Å². The maximum absolute atomic E-state index is 14.8. The molecular weight excluding hydrogens is 1020 g/mol. The van der Waals surface area contributed by atoms with E-state index < -0.39 is 172 Å².